The quantitative estimate of drug-likeness (QED) is 0.411. The van der Waals surface area contributed by atoms with E-state index < -0.39 is 0 Å². The SMILES string of the molecule is Fc1ccc(-n2cc(-c3ccccc3)c3c([S-])ncnc32)cc1. The summed E-state index contributed by atoms with van der Waals surface area (Å²) in [5, 5.41) is 1.34. The molecule has 0 aliphatic carbocycles. The molecule has 0 spiro atoms. The fraction of sp³-hybridized carbons (Fsp3) is 0. The minimum Gasteiger partial charge on any atom is -0.759 e. The first-order valence-corrected chi connectivity index (χ1v) is 7.49. The van der Waals surface area contributed by atoms with E-state index in [1.807, 2.05) is 41.1 Å². The number of fused-ring (bicyclic) bond motifs is 1. The second-order valence-corrected chi connectivity index (χ2v) is 5.52. The van der Waals surface area contributed by atoms with Crippen molar-refractivity contribution in [3.05, 3.63) is 72.9 Å². The Kier molecular flexibility index (Phi) is 3.28. The van der Waals surface area contributed by atoms with Gasteiger partial charge in [0.2, 0.25) is 0 Å². The molecule has 4 aromatic rings. The predicted molar refractivity (Wildman–Crippen MR) is 89.9 cm³/mol. The summed E-state index contributed by atoms with van der Waals surface area (Å²) in [6.45, 7) is 0. The van der Waals surface area contributed by atoms with Gasteiger partial charge >= 0.3 is 0 Å². The van der Waals surface area contributed by atoms with Crippen LogP contribution in [0.2, 0.25) is 0 Å². The summed E-state index contributed by atoms with van der Waals surface area (Å²) in [6, 6.07) is 16.2. The lowest BCUT2D eigenvalue weighted by atomic mass is 10.1. The molecule has 0 N–H and O–H groups in total. The second-order valence-electron chi connectivity index (χ2n) is 5.13. The molecule has 0 saturated carbocycles. The Bertz CT molecular complexity index is 979. The van der Waals surface area contributed by atoms with Crippen LogP contribution in [0.25, 0.3) is 27.8 Å². The van der Waals surface area contributed by atoms with Crippen LogP contribution in [0, 0.1) is 5.82 Å². The zero-order valence-corrected chi connectivity index (χ0v) is 12.8. The lowest BCUT2D eigenvalue weighted by Crippen LogP contribution is -1.94. The van der Waals surface area contributed by atoms with Crippen LogP contribution in [0.15, 0.2) is 72.1 Å². The molecule has 0 amide bonds. The van der Waals surface area contributed by atoms with Crippen LogP contribution < -0.4 is 0 Å². The summed E-state index contributed by atoms with van der Waals surface area (Å²) in [4.78, 5) is 8.52. The number of benzene rings is 2. The van der Waals surface area contributed by atoms with E-state index in [0.29, 0.717) is 5.03 Å². The van der Waals surface area contributed by atoms with Gasteiger partial charge in [0.15, 0.2) is 0 Å². The van der Waals surface area contributed by atoms with E-state index in [0.717, 1.165) is 27.8 Å². The Hall–Kier alpha value is -2.79. The molecule has 2 aromatic heterocycles. The van der Waals surface area contributed by atoms with Gasteiger partial charge in [-0.05, 0) is 29.8 Å². The van der Waals surface area contributed by atoms with Crippen molar-refractivity contribution in [2.45, 2.75) is 5.03 Å². The molecule has 0 aliphatic heterocycles. The second kappa shape index (κ2) is 5.44. The number of halogens is 1. The van der Waals surface area contributed by atoms with E-state index >= 15 is 0 Å². The third kappa shape index (κ3) is 2.35. The molecule has 0 unspecified atom stereocenters. The number of hydrogen-bond donors (Lipinski definition) is 0. The van der Waals surface area contributed by atoms with Gasteiger partial charge in [0.25, 0.3) is 0 Å². The molecule has 4 rings (SSSR count). The third-order valence-electron chi connectivity index (χ3n) is 3.74. The van der Waals surface area contributed by atoms with E-state index in [4.69, 9.17) is 12.6 Å². The highest BCUT2D eigenvalue weighted by Gasteiger charge is 2.13. The number of aromatic nitrogens is 3. The van der Waals surface area contributed by atoms with Gasteiger partial charge in [-0.15, -0.1) is 0 Å². The van der Waals surface area contributed by atoms with E-state index in [9.17, 15) is 4.39 Å². The predicted octanol–water partition coefficient (Wildman–Crippen LogP) is 4.13. The van der Waals surface area contributed by atoms with E-state index in [2.05, 4.69) is 9.97 Å². The first kappa shape index (κ1) is 13.8. The molecule has 2 aromatic carbocycles. The maximum absolute atomic E-state index is 13.2. The minimum atomic E-state index is -0.271. The number of nitrogens with zero attached hydrogens (tertiary/aromatic N) is 3. The average molecular weight is 320 g/mol. The van der Waals surface area contributed by atoms with Gasteiger partial charge < -0.3 is 17.2 Å². The monoisotopic (exact) mass is 320 g/mol. The molecule has 0 radical (unpaired) electrons. The fourth-order valence-corrected chi connectivity index (χ4v) is 2.92. The van der Waals surface area contributed by atoms with Gasteiger partial charge in [-0.1, -0.05) is 35.4 Å². The molecule has 0 fully saturated rings. The van der Waals surface area contributed by atoms with Crippen LogP contribution in [-0.4, -0.2) is 14.5 Å². The van der Waals surface area contributed by atoms with Gasteiger partial charge in [-0.25, -0.2) is 9.37 Å². The van der Waals surface area contributed by atoms with Crippen molar-refractivity contribution >= 4 is 23.7 Å². The molecular weight excluding hydrogens is 309 g/mol. The van der Waals surface area contributed by atoms with Crippen molar-refractivity contribution < 1.29 is 4.39 Å². The van der Waals surface area contributed by atoms with Gasteiger partial charge in [0, 0.05) is 22.8 Å². The van der Waals surface area contributed by atoms with Crippen molar-refractivity contribution in [1.82, 2.24) is 14.5 Å². The van der Waals surface area contributed by atoms with Crippen molar-refractivity contribution in [3.63, 3.8) is 0 Å². The maximum atomic E-state index is 13.2. The first-order chi connectivity index (χ1) is 11.2. The Balaban J connectivity index is 2.03. The van der Waals surface area contributed by atoms with Crippen molar-refractivity contribution in [2.24, 2.45) is 0 Å². The maximum Gasteiger partial charge on any atom is 0.146 e. The highest BCUT2D eigenvalue weighted by molar-refractivity contribution is 7.59. The Morgan fingerprint density at radius 3 is 2.39 bits per heavy atom. The van der Waals surface area contributed by atoms with Crippen molar-refractivity contribution in [2.75, 3.05) is 0 Å². The van der Waals surface area contributed by atoms with Gasteiger partial charge in [-0.3, -0.25) is 4.98 Å². The molecule has 0 saturated heterocycles. The molecular formula is C18H11FN3S-. The highest BCUT2D eigenvalue weighted by Crippen LogP contribution is 2.33. The summed E-state index contributed by atoms with van der Waals surface area (Å²) in [5.41, 5.74) is 3.55. The topological polar surface area (TPSA) is 30.7 Å². The Morgan fingerprint density at radius 2 is 1.65 bits per heavy atom. The van der Waals surface area contributed by atoms with Gasteiger partial charge in [-0.2, -0.15) is 0 Å². The van der Waals surface area contributed by atoms with Crippen molar-refractivity contribution in [3.8, 4) is 16.8 Å². The molecule has 2 heterocycles. The molecule has 0 aliphatic rings. The van der Waals surface area contributed by atoms with Crippen molar-refractivity contribution in [1.29, 1.82) is 0 Å². The van der Waals surface area contributed by atoms with Crippen LogP contribution in [0.3, 0.4) is 0 Å². The van der Waals surface area contributed by atoms with Gasteiger partial charge in [0.1, 0.15) is 17.8 Å². The van der Waals surface area contributed by atoms with E-state index in [1.165, 1.54) is 18.5 Å². The zero-order valence-electron chi connectivity index (χ0n) is 12.0. The first-order valence-electron chi connectivity index (χ1n) is 7.08. The average Bonchev–Trinajstić information content (AvgIpc) is 2.97. The lowest BCUT2D eigenvalue weighted by molar-refractivity contribution is 0.627. The number of rotatable bonds is 2. The Labute approximate surface area is 137 Å². The van der Waals surface area contributed by atoms with Crippen LogP contribution in [0.5, 0.6) is 0 Å². The smallest absolute Gasteiger partial charge is 0.146 e. The van der Waals surface area contributed by atoms with Crippen LogP contribution in [0.1, 0.15) is 0 Å². The van der Waals surface area contributed by atoms with Crippen LogP contribution >= 0.6 is 0 Å². The zero-order chi connectivity index (χ0) is 15.8. The fourth-order valence-electron chi connectivity index (χ4n) is 2.67. The summed E-state index contributed by atoms with van der Waals surface area (Å²) in [6.07, 6.45) is 3.43. The normalized spacial score (nSPS) is 11.0. The van der Waals surface area contributed by atoms with Gasteiger partial charge in [0.05, 0.1) is 0 Å². The number of hydrogen-bond acceptors (Lipinski definition) is 3. The standard InChI is InChI=1S/C18H12FN3S/c19-13-6-8-14(9-7-13)22-10-15(12-4-2-1-3-5-12)16-17(22)20-11-21-18(16)23/h1-11H,(H,20,21,23)/p-1. The van der Waals surface area contributed by atoms with Crippen LogP contribution in [-0.2, 0) is 12.6 Å². The van der Waals surface area contributed by atoms with E-state index in [1.54, 1.807) is 12.1 Å². The molecule has 23 heavy (non-hydrogen) atoms. The summed E-state index contributed by atoms with van der Waals surface area (Å²) >= 11 is 5.40. The third-order valence-corrected chi connectivity index (χ3v) is 4.05. The van der Waals surface area contributed by atoms with Crippen LogP contribution in [0.4, 0.5) is 4.39 Å². The minimum absolute atomic E-state index is 0.271. The molecule has 3 nitrogen and oxygen atoms in total. The summed E-state index contributed by atoms with van der Waals surface area (Å²) < 4.78 is 15.1. The lowest BCUT2D eigenvalue weighted by Gasteiger charge is -2.08. The molecule has 0 bridgehead atoms. The Morgan fingerprint density at radius 1 is 0.913 bits per heavy atom. The molecule has 5 heteroatoms. The van der Waals surface area contributed by atoms with E-state index in [-0.39, 0.29) is 5.82 Å². The molecule has 0 atom stereocenters. The summed E-state index contributed by atoms with van der Waals surface area (Å²) in [5.74, 6) is -0.271. The summed E-state index contributed by atoms with van der Waals surface area (Å²) in [7, 11) is 0. The largest absolute Gasteiger partial charge is 0.759 e. The highest BCUT2D eigenvalue weighted by atomic mass is 32.1. The molecule has 112 valence electrons.